The van der Waals surface area contributed by atoms with Gasteiger partial charge in [0.1, 0.15) is 23.1 Å². The van der Waals surface area contributed by atoms with Crippen LogP contribution in [0.25, 0.3) is 0 Å². The topological polar surface area (TPSA) is 93.2 Å². The quantitative estimate of drug-likeness (QED) is 0.392. The summed E-state index contributed by atoms with van der Waals surface area (Å²) in [6.07, 6.45) is 6.90. The molecule has 0 heterocycles. The molecule has 0 saturated carbocycles. The maximum Gasteiger partial charge on any atom is 0.134 e. The molecule has 0 fully saturated rings. The highest BCUT2D eigenvalue weighted by Gasteiger charge is 2.05. The molecule has 0 saturated heterocycles. The minimum absolute atomic E-state index is 0.662. The van der Waals surface area contributed by atoms with E-state index in [4.69, 9.17) is 0 Å². The minimum Gasteiger partial charge on any atom is -0.617 e. The molecule has 2 atom stereocenters. The lowest BCUT2D eigenvalue weighted by atomic mass is 10.3. The predicted molar refractivity (Wildman–Crippen MR) is 80.5 cm³/mol. The number of hydrogen-bond acceptors (Lipinski definition) is 5. The van der Waals surface area contributed by atoms with E-state index in [0.29, 0.717) is 24.6 Å². The van der Waals surface area contributed by atoms with Crippen LogP contribution in [0.4, 0.5) is 0 Å². The summed E-state index contributed by atoms with van der Waals surface area (Å²) in [6, 6.07) is 0. The van der Waals surface area contributed by atoms with Gasteiger partial charge in [-0.3, -0.25) is 0 Å². The van der Waals surface area contributed by atoms with Crippen LogP contribution in [0.3, 0.4) is 0 Å². The maximum absolute atomic E-state index is 11.4. The molecule has 18 heavy (non-hydrogen) atoms. The second-order valence-corrected chi connectivity index (χ2v) is 8.25. The average Bonchev–Trinajstić information content (AvgIpc) is 2.27. The molecular weight excluding hydrogens is 292 g/mol. The lowest BCUT2D eigenvalue weighted by Crippen LogP contribution is -2.37. The highest BCUT2D eigenvalue weighted by atomic mass is 32.2. The van der Waals surface area contributed by atoms with Gasteiger partial charge in [-0.25, -0.2) is 0 Å². The Labute approximate surface area is 120 Å². The molecule has 8 heteroatoms. The summed E-state index contributed by atoms with van der Waals surface area (Å²) >= 11 is -2.67. The van der Waals surface area contributed by atoms with E-state index in [9.17, 15) is 13.7 Å². The molecule has 0 amide bonds. The standard InChI is InChI=1S/C10H24N2O3S3/c1-16(13)9-5-3-7-11-18(15)12-8-4-6-10-17(2)14/h11-12H,3-10H2,1-2H3. The molecule has 110 valence electrons. The van der Waals surface area contributed by atoms with E-state index in [-0.39, 0.29) is 0 Å². The Bertz CT molecular complexity index is 170. The molecule has 0 bridgehead atoms. The van der Waals surface area contributed by atoms with Crippen LogP contribution in [-0.2, 0) is 33.9 Å². The van der Waals surface area contributed by atoms with Gasteiger partial charge < -0.3 is 13.7 Å². The number of rotatable bonds is 12. The van der Waals surface area contributed by atoms with Crippen molar-refractivity contribution in [2.45, 2.75) is 25.7 Å². The molecule has 0 aromatic heterocycles. The van der Waals surface area contributed by atoms with Crippen molar-refractivity contribution in [1.82, 2.24) is 9.44 Å². The fraction of sp³-hybridized carbons (Fsp3) is 1.00. The summed E-state index contributed by atoms with van der Waals surface area (Å²) in [5.41, 5.74) is 0. The highest BCUT2D eigenvalue weighted by Crippen LogP contribution is 1.95. The van der Waals surface area contributed by atoms with Crippen molar-refractivity contribution in [3.8, 4) is 0 Å². The molecule has 0 rings (SSSR count). The number of hydrogen-bond donors (Lipinski definition) is 2. The largest absolute Gasteiger partial charge is 0.617 e. The van der Waals surface area contributed by atoms with Crippen LogP contribution in [-0.4, -0.2) is 50.8 Å². The molecule has 0 aliphatic heterocycles. The summed E-state index contributed by atoms with van der Waals surface area (Å²) in [6.45, 7) is 1.32. The molecule has 0 aromatic carbocycles. The molecule has 0 aromatic rings. The normalized spacial score (nSPS) is 16.5. The first kappa shape index (κ1) is 18.9. The van der Waals surface area contributed by atoms with E-state index in [2.05, 4.69) is 9.44 Å². The van der Waals surface area contributed by atoms with Crippen molar-refractivity contribution in [3.63, 3.8) is 0 Å². The van der Waals surface area contributed by atoms with Crippen molar-refractivity contribution in [3.05, 3.63) is 0 Å². The van der Waals surface area contributed by atoms with Gasteiger partial charge in [-0.15, -0.1) is 9.44 Å². The summed E-state index contributed by atoms with van der Waals surface area (Å²) < 4.78 is 38.7. The van der Waals surface area contributed by atoms with E-state index in [1.807, 2.05) is 0 Å². The average molecular weight is 317 g/mol. The van der Waals surface area contributed by atoms with Crippen molar-refractivity contribution in [1.29, 1.82) is 0 Å². The molecule has 2 N–H and O–H groups in total. The van der Waals surface area contributed by atoms with Crippen LogP contribution < -0.4 is 9.44 Å². The summed E-state index contributed by atoms with van der Waals surface area (Å²) in [4.78, 5) is 0. The Morgan fingerprint density at radius 1 is 0.722 bits per heavy atom. The first-order chi connectivity index (χ1) is 8.52. The van der Waals surface area contributed by atoms with Crippen LogP contribution in [0, 0.1) is 0 Å². The van der Waals surface area contributed by atoms with E-state index in [0.717, 1.165) is 25.7 Å². The second kappa shape index (κ2) is 12.9. The van der Waals surface area contributed by atoms with Crippen LogP contribution >= 0.6 is 0 Å². The summed E-state index contributed by atoms with van der Waals surface area (Å²) in [5.74, 6) is 1.41. The van der Waals surface area contributed by atoms with Gasteiger partial charge in [0.2, 0.25) is 0 Å². The van der Waals surface area contributed by atoms with E-state index in [1.165, 1.54) is 0 Å². The summed E-state index contributed by atoms with van der Waals surface area (Å²) in [5, 5.41) is 0. The maximum atomic E-state index is 11.4. The Balaban J connectivity index is 3.19. The van der Waals surface area contributed by atoms with Gasteiger partial charge in [0.25, 0.3) is 0 Å². The van der Waals surface area contributed by atoms with Crippen molar-refractivity contribution in [2.24, 2.45) is 0 Å². The smallest absolute Gasteiger partial charge is 0.134 e. The Kier molecular flexibility index (Phi) is 13.5. The van der Waals surface area contributed by atoms with E-state index < -0.39 is 33.9 Å². The molecule has 0 spiro atoms. The van der Waals surface area contributed by atoms with Gasteiger partial charge in [-0.1, -0.05) is 22.4 Å². The van der Waals surface area contributed by atoms with E-state index in [1.54, 1.807) is 12.5 Å². The second-order valence-electron chi connectivity index (χ2n) is 4.03. The van der Waals surface area contributed by atoms with Crippen LogP contribution in [0.1, 0.15) is 25.7 Å². The van der Waals surface area contributed by atoms with Gasteiger partial charge in [0.05, 0.1) is 12.5 Å². The Morgan fingerprint density at radius 3 is 1.44 bits per heavy atom. The van der Waals surface area contributed by atoms with Crippen LogP contribution in [0.2, 0.25) is 0 Å². The first-order valence-electron chi connectivity index (χ1n) is 6.01. The van der Waals surface area contributed by atoms with Crippen LogP contribution in [0.5, 0.6) is 0 Å². The molecule has 2 unspecified atom stereocenters. The fourth-order valence-corrected chi connectivity index (χ4v) is 3.22. The van der Waals surface area contributed by atoms with Gasteiger partial charge in [-0.2, -0.15) is 0 Å². The summed E-state index contributed by atoms with van der Waals surface area (Å²) in [7, 11) is 0. The highest BCUT2D eigenvalue weighted by molar-refractivity contribution is 7.90. The fourth-order valence-electron chi connectivity index (χ4n) is 1.24. The molecule has 0 aliphatic carbocycles. The van der Waals surface area contributed by atoms with Gasteiger partial charge in [0, 0.05) is 13.1 Å². The SMILES string of the molecule is C[S+]([O-])CCCCN[S+]([O-])NCCCC[S+](C)[O-]. The zero-order valence-corrected chi connectivity index (χ0v) is 13.6. The zero-order valence-electron chi connectivity index (χ0n) is 11.1. The third-order valence-electron chi connectivity index (χ3n) is 2.18. The van der Waals surface area contributed by atoms with Crippen LogP contribution in [0.15, 0.2) is 0 Å². The van der Waals surface area contributed by atoms with Crippen molar-refractivity contribution < 1.29 is 13.7 Å². The zero-order chi connectivity index (χ0) is 13.8. The van der Waals surface area contributed by atoms with Crippen molar-refractivity contribution in [2.75, 3.05) is 37.1 Å². The third-order valence-corrected chi connectivity index (χ3v) is 4.84. The molecular formula is C10H24N2O3S3. The number of nitrogens with one attached hydrogen (secondary N) is 2. The minimum atomic E-state index is -1.20. The third kappa shape index (κ3) is 14.9. The molecule has 0 aliphatic rings. The van der Waals surface area contributed by atoms with Gasteiger partial charge in [-0.05, 0) is 25.7 Å². The monoisotopic (exact) mass is 316 g/mol. The lowest BCUT2D eigenvalue weighted by molar-refractivity contribution is 0.558. The molecule has 5 nitrogen and oxygen atoms in total. The molecule has 0 radical (unpaired) electrons. The van der Waals surface area contributed by atoms with Crippen molar-refractivity contribution >= 4 is 33.9 Å². The Morgan fingerprint density at radius 2 is 1.11 bits per heavy atom. The van der Waals surface area contributed by atoms with Gasteiger partial charge in [0.15, 0.2) is 0 Å². The number of unbranched alkanes of at least 4 members (excludes halogenated alkanes) is 2. The van der Waals surface area contributed by atoms with Gasteiger partial charge >= 0.3 is 0 Å². The predicted octanol–water partition coefficient (Wildman–Crippen LogP) is 0.0617. The first-order valence-corrected chi connectivity index (χ1v) is 10.6. The Hall–Kier alpha value is 0.850. The lowest BCUT2D eigenvalue weighted by Gasteiger charge is -2.11. The van der Waals surface area contributed by atoms with E-state index >= 15 is 0 Å².